The second-order valence-electron chi connectivity index (χ2n) is 3.72. The third kappa shape index (κ3) is 3.05. The fourth-order valence-corrected chi connectivity index (χ4v) is 1.80. The molecule has 0 amide bonds. The van der Waals surface area contributed by atoms with Gasteiger partial charge in [-0.05, 0) is 36.6 Å². The van der Waals surface area contributed by atoms with Crippen molar-refractivity contribution >= 4 is 28.3 Å². The molecular weight excluding hydrogens is 238 g/mol. The number of fused-ring (bicyclic) bond motifs is 1. The van der Waals surface area contributed by atoms with E-state index >= 15 is 0 Å². The number of rotatable bonds is 5. The van der Waals surface area contributed by atoms with Crippen LogP contribution in [0.1, 0.15) is 12.8 Å². The van der Waals surface area contributed by atoms with Crippen LogP contribution in [0.3, 0.4) is 0 Å². The normalized spacial score (nSPS) is 10.7. The predicted molar refractivity (Wildman–Crippen MR) is 69.4 cm³/mol. The van der Waals surface area contributed by atoms with Crippen molar-refractivity contribution in [3.05, 3.63) is 29.5 Å². The Morgan fingerprint density at radius 2 is 2.00 bits per heavy atom. The summed E-state index contributed by atoms with van der Waals surface area (Å²) in [6.07, 6.45) is 1.68. The maximum atomic E-state index is 8.70. The molecule has 2 aromatic rings. The van der Waals surface area contributed by atoms with Crippen molar-refractivity contribution in [1.82, 2.24) is 9.97 Å². The largest absolute Gasteiger partial charge is 0.396 e. The molecule has 17 heavy (non-hydrogen) atoms. The van der Waals surface area contributed by atoms with Gasteiger partial charge in [0.05, 0.1) is 5.52 Å². The van der Waals surface area contributed by atoms with Gasteiger partial charge in [-0.2, -0.15) is 0 Å². The van der Waals surface area contributed by atoms with E-state index in [1.165, 1.54) is 0 Å². The summed E-state index contributed by atoms with van der Waals surface area (Å²) in [5, 5.41) is 13.1. The number of anilines is 1. The lowest BCUT2D eigenvalue weighted by Gasteiger charge is -2.08. The van der Waals surface area contributed by atoms with Crippen LogP contribution in [0.15, 0.2) is 24.3 Å². The van der Waals surface area contributed by atoms with Gasteiger partial charge in [0.2, 0.25) is 5.28 Å². The van der Waals surface area contributed by atoms with Gasteiger partial charge in [-0.3, -0.25) is 0 Å². The van der Waals surface area contributed by atoms with Crippen molar-refractivity contribution < 1.29 is 5.11 Å². The number of para-hydroxylation sites is 1. The number of aliphatic hydroxyl groups is 1. The molecule has 1 aromatic carbocycles. The summed E-state index contributed by atoms with van der Waals surface area (Å²) in [7, 11) is 0. The van der Waals surface area contributed by atoms with E-state index in [2.05, 4.69) is 15.3 Å². The average Bonchev–Trinajstić information content (AvgIpc) is 2.34. The van der Waals surface area contributed by atoms with E-state index < -0.39 is 0 Å². The number of benzene rings is 1. The number of hydrogen-bond donors (Lipinski definition) is 2. The third-order valence-electron chi connectivity index (χ3n) is 2.45. The number of halogens is 1. The van der Waals surface area contributed by atoms with Crippen molar-refractivity contribution in [2.24, 2.45) is 0 Å². The second-order valence-corrected chi connectivity index (χ2v) is 4.05. The molecule has 0 fully saturated rings. The highest BCUT2D eigenvalue weighted by Crippen LogP contribution is 2.21. The Bertz CT molecular complexity index is 504. The molecule has 0 aliphatic heterocycles. The van der Waals surface area contributed by atoms with Gasteiger partial charge in [-0.1, -0.05) is 12.1 Å². The number of aromatic nitrogens is 2. The number of hydrogen-bond acceptors (Lipinski definition) is 4. The molecule has 0 aliphatic rings. The predicted octanol–water partition coefficient (Wildman–Crippen LogP) is 2.47. The first-order chi connectivity index (χ1) is 8.31. The molecule has 2 N–H and O–H groups in total. The SMILES string of the molecule is OCCCCNc1nc(Cl)nc2ccccc12. The molecule has 1 heterocycles. The molecular formula is C12H14ClN3O. The van der Waals surface area contributed by atoms with Crippen molar-refractivity contribution in [2.75, 3.05) is 18.5 Å². The van der Waals surface area contributed by atoms with Gasteiger partial charge in [-0.15, -0.1) is 0 Å². The molecule has 0 unspecified atom stereocenters. The Kier molecular flexibility index (Phi) is 4.12. The van der Waals surface area contributed by atoms with E-state index in [1.54, 1.807) is 0 Å². The van der Waals surface area contributed by atoms with Crippen LogP contribution in [0.4, 0.5) is 5.82 Å². The molecule has 0 bridgehead atoms. The summed E-state index contributed by atoms with van der Waals surface area (Å²) in [6, 6.07) is 7.72. The molecule has 90 valence electrons. The Morgan fingerprint density at radius 3 is 2.82 bits per heavy atom. The van der Waals surface area contributed by atoms with Gasteiger partial charge in [0, 0.05) is 18.5 Å². The van der Waals surface area contributed by atoms with Gasteiger partial charge in [0.15, 0.2) is 0 Å². The number of aliphatic hydroxyl groups excluding tert-OH is 1. The molecule has 0 saturated carbocycles. The first-order valence-corrected chi connectivity index (χ1v) is 5.96. The van der Waals surface area contributed by atoms with E-state index in [-0.39, 0.29) is 11.9 Å². The molecule has 0 saturated heterocycles. The van der Waals surface area contributed by atoms with Crippen LogP contribution < -0.4 is 5.32 Å². The van der Waals surface area contributed by atoms with Crippen LogP contribution >= 0.6 is 11.6 Å². The number of nitrogens with zero attached hydrogens (tertiary/aromatic N) is 2. The molecule has 1 aromatic heterocycles. The zero-order valence-electron chi connectivity index (χ0n) is 9.36. The molecule has 0 aliphatic carbocycles. The highest BCUT2D eigenvalue weighted by atomic mass is 35.5. The zero-order valence-corrected chi connectivity index (χ0v) is 10.1. The number of unbranched alkanes of at least 4 members (excludes halogenated alkanes) is 1. The fraction of sp³-hybridized carbons (Fsp3) is 0.333. The maximum absolute atomic E-state index is 8.70. The van der Waals surface area contributed by atoms with E-state index in [4.69, 9.17) is 16.7 Å². The average molecular weight is 252 g/mol. The molecule has 0 spiro atoms. The minimum Gasteiger partial charge on any atom is -0.396 e. The first-order valence-electron chi connectivity index (χ1n) is 5.58. The van der Waals surface area contributed by atoms with Gasteiger partial charge in [0.25, 0.3) is 0 Å². The summed E-state index contributed by atoms with van der Waals surface area (Å²) >= 11 is 5.86. The quantitative estimate of drug-likeness (QED) is 0.633. The van der Waals surface area contributed by atoms with Crippen LogP contribution in [0.2, 0.25) is 5.28 Å². The van der Waals surface area contributed by atoms with E-state index in [0.29, 0.717) is 0 Å². The van der Waals surface area contributed by atoms with Gasteiger partial charge in [-0.25, -0.2) is 9.97 Å². The Balaban J connectivity index is 2.20. The minimum absolute atomic E-state index is 0.215. The van der Waals surface area contributed by atoms with E-state index in [1.807, 2.05) is 24.3 Å². The van der Waals surface area contributed by atoms with Crippen LogP contribution in [0.25, 0.3) is 10.9 Å². The highest BCUT2D eigenvalue weighted by molar-refractivity contribution is 6.28. The summed E-state index contributed by atoms with van der Waals surface area (Å²) in [4.78, 5) is 8.33. The standard InChI is InChI=1S/C12H14ClN3O/c13-12-15-10-6-2-1-5-9(10)11(16-12)14-7-3-4-8-17/h1-2,5-6,17H,3-4,7-8H2,(H,14,15,16). The summed E-state index contributed by atoms with van der Waals surface area (Å²) in [5.41, 5.74) is 0.831. The van der Waals surface area contributed by atoms with Crippen LogP contribution in [0, 0.1) is 0 Å². The lowest BCUT2D eigenvalue weighted by atomic mass is 10.2. The summed E-state index contributed by atoms with van der Waals surface area (Å²) in [5.74, 6) is 0.749. The lowest BCUT2D eigenvalue weighted by Crippen LogP contribution is -2.05. The zero-order chi connectivity index (χ0) is 12.1. The van der Waals surface area contributed by atoms with Gasteiger partial charge in [0.1, 0.15) is 5.82 Å². The molecule has 0 radical (unpaired) electrons. The van der Waals surface area contributed by atoms with Crippen molar-refractivity contribution in [2.45, 2.75) is 12.8 Å². The van der Waals surface area contributed by atoms with E-state index in [0.717, 1.165) is 36.1 Å². The van der Waals surface area contributed by atoms with Crippen molar-refractivity contribution in [3.63, 3.8) is 0 Å². The maximum Gasteiger partial charge on any atom is 0.224 e. The fourth-order valence-electron chi connectivity index (χ4n) is 1.63. The Morgan fingerprint density at radius 1 is 1.18 bits per heavy atom. The Labute approximate surface area is 105 Å². The molecule has 5 heteroatoms. The second kappa shape index (κ2) is 5.80. The van der Waals surface area contributed by atoms with Gasteiger partial charge >= 0.3 is 0 Å². The minimum atomic E-state index is 0.215. The smallest absolute Gasteiger partial charge is 0.224 e. The Hall–Kier alpha value is -1.39. The van der Waals surface area contributed by atoms with Crippen molar-refractivity contribution in [3.8, 4) is 0 Å². The summed E-state index contributed by atoms with van der Waals surface area (Å²) in [6.45, 7) is 0.977. The van der Waals surface area contributed by atoms with Gasteiger partial charge < -0.3 is 10.4 Å². The van der Waals surface area contributed by atoms with Crippen LogP contribution in [-0.2, 0) is 0 Å². The van der Waals surface area contributed by atoms with Crippen LogP contribution in [0.5, 0.6) is 0 Å². The topological polar surface area (TPSA) is 58.0 Å². The lowest BCUT2D eigenvalue weighted by molar-refractivity contribution is 0.286. The molecule has 4 nitrogen and oxygen atoms in total. The van der Waals surface area contributed by atoms with Crippen LogP contribution in [-0.4, -0.2) is 28.2 Å². The molecule has 2 rings (SSSR count). The van der Waals surface area contributed by atoms with E-state index in [9.17, 15) is 0 Å². The molecule has 0 atom stereocenters. The number of nitrogens with one attached hydrogen (secondary N) is 1. The third-order valence-corrected chi connectivity index (χ3v) is 2.62. The summed E-state index contributed by atoms with van der Waals surface area (Å²) < 4.78 is 0. The monoisotopic (exact) mass is 251 g/mol. The highest BCUT2D eigenvalue weighted by Gasteiger charge is 2.04. The van der Waals surface area contributed by atoms with Crippen molar-refractivity contribution in [1.29, 1.82) is 0 Å². The first kappa shape index (κ1) is 12.1.